The van der Waals surface area contributed by atoms with E-state index in [1.807, 2.05) is 0 Å². The molecule has 11 heavy (non-hydrogen) atoms. The van der Waals surface area contributed by atoms with Gasteiger partial charge in [0.15, 0.2) is 0 Å². The van der Waals surface area contributed by atoms with Crippen LogP contribution in [0.2, 0.25) is 6.32 Å². The largest absolute Gasteiger partial charge is 0.527 e. The van der Waals surface area contributed by atoms with Crippen LogP contribution in [0.25, 0.3) is 0 Å². The van der Waals surface area contributed by atoms with E-state index in [2.05, 4.69) is 6.92 Å². The summed E-state index contributed by atoms with van der Waals surface area (Å²) in [5.41, 5.74) is 0. The van der Waals surface area contributed by atoms with E-state index in [0.29, 0.717) is 0 Å². The van der Waals surface area contributed by atoms with Crippen LogP contribution in [0, 0.1) is 0 Å². The first kappa shape index (κ1) is 8.59. The number of unbranched alkanes of at least 4 members (excludes halogenated alkanes) is 2. The van der Waals surface area contributed by atoms with Crippen LogP contribution in [0.4, 0.5) is 0 Å². The fraction of sp³-hybridized carbons (Fsp3) is 0.857. The van der Waals surface area contributed by atoms with Crippen LogP contribution in [-0.4, -0.2) is 19.7 Å². The lowest BCUT2D eigenvalue weighted by atomic mass is 9.83. The molecule has 0 aromatic heterocycles. The van der Waals surface area contributed by atoms with E-state index in [9.17, 15) is 4.79 Å². The Kier molecular flexibility index (Phi) is 3.43. The van der Waals surface area contributed by atoms with Crippen molar-refractivity contribution in [3.8, 4) is 0 Å². The van der Waals surface area contributed by atoms with Crippen LogP contribution in [0.3, 0.4) is 0 Å². The van der Waals surface area contributed by atoms with Crippen molar-refractivity contribution in [3.05, 3.63) is 0 Å². The molecule has 0 aliphatic carbocycles. The minimum Gasteiger partial charge on any atom is -0.508 e. The highest BCUT2D eigenvalue weighted by atomic mass is 16.7. The van der Waals surface area contributed by atoms with Gasteiger partial charge in [0.05, 0.1) is 0 Å². The second-order valence-electron chi connectivity index (χ2n) is 2.73. The summed E-state index contributed by atoms with van der Waals surface area (Å²) in [5.74, 6) is -0.230. The van der Waals surface area contributed by atoms with Crippen LogP contribution in [0.15, 0.2) is 0 Å². The summed E-state index contributed by atoms with van der Waals surface area (Å²) in [4.78, 5) is 10.5. The first-order valence-electron chi connectivity index (χ1n) is 4.14. The van der Waals surface area contributed by atoms with Crippen LogP contribution < -0.4 is 0 Å². The van der Waals surface area contributed by atoms with Crippen molar-refractivity contribution in [1.29, 1.82) is 0 Å². The minimum atomic E-state index is -0.256. The van der Waals surface area contributed by atoms with Gasteiger partial charge in [-0.15, -0.1) is 0 Å². The molecule has 0 radical (unpaired) electrons. The molecule has 0 N–H and O–H groups in total. The normalized spacial score (nSPS) is 17.2. The van der Waals surface area contributed by atoms with Gasteiger partial charge in [-0.2, -0.15) is 0 Å². The number of carbonyl (C=O) groups excluding carboxylic acids is 1. The topological polar surface area (TPSA) is 35.5 Å². The molecule has 0 bridgehead atoms. The smallest absolute Gasteiger partial charge is 0.508 e. The summed E-state index contributed by atoms with van der Waals surface area (Å²) < 4.78 is 9.89. The van der Waals surface area contributed by atoms with E-state index in [-0.39, 0.29) is 19.7 Å². The van der Waals surface area contributed by atoms with Crippen LogP contribution in [0.5, 0.6) is 0 Å². The summed E-state index contributed by atoms with van der Waals surface area (Å²) in [6.45, 7) is 2.28. The highest BCUT2D eigenvalue weighted by Gasteiger charge is 2.29. The van der Waals surface area contributed by atoms with E-state index >= 15 is 0 Å². The zero-order valence-corrected chi connectivity index (χ0v) is 6.84. The Balaban J connectivity index is 2.04. The predicted octanol–water partition coefficient (Wildman–Crippen LogP) is 1.24. The monoisotopic (exact) mass is 156 g/mol. The lowest BCUT2D eigenvalue weighted by molar-refractivity contribution is -0.132. The average Bonchev–Trinajstić information content (AvgIpc) is 2.37. The van der Waals surface area contributed by atoms with Gasteiger partial charge in [0, 0.05) is 0 Å². The van der Waals surface area contributed by atoms with Crippen LogP contribution >= 0.6 is 0 Å². The number of hydrogen-bond donors (Lipinski definition) is 0. The van der Waals surface area contributed by atoms with Gasteiger partial charge in [0.1, 0.15) is 6.61 Å². The summed E-state index contributed by atoms with van der Waals surface area (Å²) in [7, 11) is -0.256. The molecule has 0 spiro atoms. The number of rotatable bonds is 4. The summed E-state index contributed by atoms with van der Waals surface area (Å²) in [5, 5.41) is 0. The molecule has 62 valence electrons. The summed E-state index contributed by atoms with van der Waals surface area (Å²) in [6, 6.07) is 0. The van der Waals surface area contributed by atoms with E-state index in [0.717, 1.165) is 12.7 Å². The van der Waals surface area contributed by atoms with Gasteiger partial charge in [-0.25, -0.2) is 0 Å². The molecule has 1 rings (SSSR count). The van der Waals surface area contributed by atoms with Crippen molar-refractivity contribution < 1.29 is 14.1 Å². The molecule has 1 saturated heterocycles. The van der Waals surface area contributed by atoms with Crippen molar-refractivity contribution in [3.63, 3.8) is 0 Å². The molecule has 0 atom stereocenters. The SMILES string of the molecule is CCCCCB1OCC(=O)O1. The Morgan fingerprint density at radius 2 is 2.36 bits per heavy atom. The third kappa shape index (κ3) is 2.93. The maximum Gasteiger partial charge on any atom is 0.527 e. The van der Waals surface area contributed by atoms with Gasteiger partial charge in [0.2, 0.25) is 0 Å². The van der Waals surface area contributed by atoms with Gasteiger partial charge in [-0.05, 0) is 6.32 Å². The first-order valence-corrected chi connectivity index (χ1v) is 4.14. The summed E-state index contributed by atoms with van der Waals surface area (Å²) >= 11 is 0. The van der Waals surface area contributed by atoms with Crippen molar-refractivity contribution in [2.24, 2.45) is 0 Å². The van der Waals surface area contributed by atoms with Crippen molar-refractivity contribution >= 4 is 13.1 Å². The Bertz CT molecular complexity index is 138. The van der Waals surface area contributed by atoms with Gasteiger partial charge in [0.25, 0.3) is 0 Å². The Morgan fingerprint density at radius 1 is 1.55 bits per heavy atom. The number of carbonyl (C=O) groups is 1. The maximum atomic E-state index is 10.5. The number of hydrogen-bond acceptors (Lipinski definition) is 3. The third-order valence-electron chi connectivity index (χ3n) is 1.69. The lowest BCUT2D eigenvalue weighted by Gasteiger charge is -2.00. The van der Waals surface area contributed by atoms with Gasteiger partial charge >= 0.3 is 13.1 Å². The Morgan fingerprint density at radius 3 is 2.91 bits per heavy atom. The van der Waals surface area contributed by atoms with E-state index < -0.39 is 0 Å². The second-order valence-corrected chi connectivity index (χ2v) is 2.73. The molecule has 0 unspecified atom stereocenters. The Hall–Kier alpha value is -0.505. The van der Waals surface area contributed by atoms with Crippen molar-refractivity contribution in [2.45, 2.75) is 32.5 Å². The summed E-state index contributed by atoms with van der Waals surface area (Å²) in [6.07, 6.45) is 4.28. The van der Waals surface area contributed by atoms with Crippen LogP contribution in [0.1, 0.15) is 26.2 Å². The fourth-order valence-electron chi connectivity index (χ4n) is 1.08. The highest BCUT2D eigenvalue weighted by Crippen LogP contribution is 2.10. The minimum absolute atomic E-state index is 0.136. The van der Waals surface area contributed by atoms with E-state index in [4.69, 9.17) is 9.31 Å². The molecule has 1 aliphatic rings. The molecule has 1 fully saturated rings. The van der Waals surface area contributed by atoms with E-state index in [1.165, 1.54) is 12.8 Å². The first-order chi connectivity index (χ1) is 5.33. The quantitative estimate of drug-likeness (QED) is 0.453. The molecule has 4 heteroatoms. The highest BCUT2D eigenvalue weighted by molar-refractivity contribution is 6.48. The standard InChI is InChI=1S/C7H13BO3/c1-2-3-4-5-8-10-6-7(9)11-8/h2-6H2,1H3. The third-order valence-corrected chi connectivity index (χ3v) is 1.69. The zero-order valence-electron chi connectivity index (χ0n) is 6.84. The molecule has 0 saturated carbocycles. The molecule has 0 aromatic carbocycles. The average molecular weight is 156 g/mol. The maximum absolute atomic E-state index is 10.5. The van der Waals surface area contributed by atoms with Gasteiger partial charge in [-0.3, -0.25) is 4.79 Å². The van der Waals surface area contributed by atoms with Crippen LogP contribution in [-0.2, 0) is 14.1 Å². The zero-order chi connectivity index (χ0) is 8.10. The molecule has 0 aromatic rings. The van der Waals surface area contributed by atoms with Gasteiger partial charge < -0.3 is 9.31 Å². The predicted molar refractivity (Wildman–Crippen MR) is 42.1 cm³/mol. The Labute approximate surface area is 67.2 Å². The molecule has 1 heterocycles. The molecular formula is C7H13BO3. The lowest BCUT2D eigenvalue weighted by Crippen LogP contribution is -2.13. The van der Waals surface area contributed by atoms with E-state index in [1.54, 1.807) is 0 Å². The fourth-order valence-corrected chi connectivity index (χ4v) is 1.08. The molecular weight excluding hydrogens is 143 g/mol. The van der Waals surface area contributed by atoms with Crippen molar-refractivity contribution in [1.82, 2.24) is 0 Å². The molecule has 0 amide bonds. The van der Waals surface area contributed by atoms with Gasteiger partial charge in [-0.1, -0.05) is 26.2 Å². The second kappa shape index (κ2) is 4.39. The molecule has 1 aliphatic heterocycles. The van der Waals surface area contributed by atoms with Crippen molar-refractivity contribution in [2.75, 3.05) is 6.61 Å². The molecule has 3 nitrogen and oxygen atoms in total.